The fourth-order valence-electron chi connectivity index (χ4n) is 2.66. The quantitative estimate of drug-likeness (QED) is 0.861. The molecule has 1 saturated heterocycles. The Morgan fingerprint density at radius 1 is 1.41 bits per heavy atom. The van der Waals surface area contributed by atoms with Gasteiger partial charge in [0.15, 0.2) is 0 Å². The number of aliphatic hydroxyl groups is 1. The monoisotopic (exact) mass is 310 g/mol. The Labute approximate surface area is 130 Å². The maximum atomic E-state index is 13.0. The van der Waals surface area contributed by atoms with E-state index in [1.165, 1.54) is 12.1 Å². The lowest BCUT2D eigenvalue weighted by atomic mass is 9.93. The van der Waals surface area contributed by atoms with E-state index in [1.807, 2.05) is 19.0 Å². The number of rotatable bonds is 5. The van der Waals surface area contributed by atoms with E-state index in [9.17, 15) is 14.3 Å². The first-order chi connectivity index (χ1) is 10.4. The highest BCUT2D eigenvalue weighted by atomic mass is 19.1. The molecule has 1 aromatic rings. The molecule has 5 nitrogen and oxygen atoms in total. The Hall–Kier alpha value is -1.50. The second kappa shape index (κ2) is 7.17. The summed E-state index contributed by atoms with van der Waals surface area (Å²) in [6.45, 7) is 1.40. The summed E-state index contributed by atoms with van der Waals surface area (Å²) in [5.74, 6) is -0.278. The number of amides is 1. The van der Waals surface area contributed by atoms with Crippen LogP contribution in [0.5, 0.6) is 0 Å². The first kappa shape index (κ1) is 16.9. The van der Waals surface area contributed by atoms with Gasteiger partial charge in [0.05, 0.1) is 26.3 Å². The van der Waals surface area contributed by atoms with Gasteiger partial charge in [-0.25, -0.2) is 4.39 Å². The fraction of sp³-hybridized carbons (Fsp3) is 0.562. The van der Waals surface area contributed by atoms with Crippen LogP contribution in [-0.4, -0.2) is 73.4 Å². The molecule has 1 aromatic carbocycles. The molecule has 2 rings (SSSR count). The lowest BCUT2D eigenvalue weighted by Gasteiger charge is -2.42. The number of ether oxygens (including phenoxy) is 1. The van der Waals surface area contributed by atoms with Crippen molar-refractivity contribution in [1.82, 2.24) is 9.80 Å². The molecule has 0 aliphatic carbocycles. The van der Waals surface area contributed by atoms with Crippen molar-refractivity contribution < 1.29 is 19.0 Å². The number of halogens is 1. The van der Waals surface area contributed by atoms with E-state index in [0.29, 0.717) is 32.7 Å². The van der Waals surface area contributed by atoms with Gasteiger partial charge < -0.3 is 19.6 Å². The van der Waals surface area contributed by atoms with Crippen LogP contribution in [0.25, 0.3) is 0 Å². The molecular formula is C16H23FN2O3. The molecule has 0 aromatic heterocycles. The van der Waals surface area contributed by atoms with Crippen LogP contribution in [0.2, 0.25) is 0 Å². The number of likely N-dealkylation sites (N-methyl/N-ethyl adjacent to an activating group) is 1. The number of aliphatic hydroxyl groups excluding tert-OH is 1. The summed E-state index contributed by atoms with van der Waals surface area (Å²) in [6.07, 6.45) is 0.440. The zero-order valence-corrected chi connectivity index (χ0v) is 13.1. The number of hydrogen-bond acceptors (Lipinski definition) is 4. The van der Waals surface area contributed by atoms with Gasteiger partial charge in [-0.3, -0.25) is 4.79 Å². The van der Waals surface area contributed by atoms with Gasteiger partial charge in [0, 0.05) is 13.0 Å². The van der Waals surface area contributed by atoms with Gasteiger partial charge in [-0.15, -0.1) is 0 Å². The third kappa shape index (κ3) is 4.25. The van der Waals surface area contributed by atoms with Gasteiger partial charge in [0.25, 0.3) is 0 Å². The molecule has 0 saturated carbocycles. The zero-order chi connectivity index (χ0) is 16.2. The van der Waals surface area contributed by atoms with E-state index in [0.717, 1.165) is 5.56 Å². The Morgan fingerprint density at radius 2 is 2.09 bits per heavy atom. The van der Waals surface area contributed by atoms with Crippen molar-refractivity contribution in [2.75, 3.05) is 46.9 Å². The number of nitrogens with zero attached hydrogens (tertiary/aromatic N) is 2. The van der Waals surface area contributed by atoms with Crippen molar-refractivity contribution in [3.63, 3.8) is 0 Å². The number of hydrogen-bond donors (Lipinski definition) is 1. The minimum absolute atomic E-state index is 0.0187. The molecule has 1 N–H and O–H groups in total. The van der Waals surface area contributed by atoms with E-state index >= 15 is 0 Å². The maximum absolute atomic E-state index is 13.0. The number of carbonyl (C=O) groups excluding carboxylic acids is 1. The first-order valence-corrected chi connectivity index (χ1v) is 7.36. The van der Waals surface area contributed by atoms with Crippen LogP contribution in [0.15, 0.2) is 24.3 Å². The van der Waals surface area contributed by atoms with E-state index in [1.54, 1.807) is 17.0 Å². The van der Waals surface area contributed by atoms with Gasteiger partial charge in [-0.2, -0.15) is 0 Å². The van der Waals surface area contributed by atoms with Gasteiger partial charge in [0.2, 0.25) is 5.91 Å². The van der Waals surface area contributed by atoms with Crippen LogP contribution in [0.3, 0.4) is 0 Å². The Bertz CT molecular complexity index is 507. The topological polar surface area (TPSA) is 53.0 Å². The predicted octanol–water partition coefficient (Wildman–Crippen LogP) is 0.520. The third-order valence-corrected chi connectivity index (χ3v) is 3.78. The molecule has 22 heavy (non-hydrogen) atoms. The molecule has 1 amide bonds. The number of carbonyl (C=O) groups is 1. The van der Waals surface area contributed by atoms with Crippen LogP contribution in [0.1, 0.15) is 5.56 Å². The lowest BCUT2D eigenvalue weighted by Crippen LogP contribution is -2.57. The van der Waals surface area contributed by atoms with Crippen molar-refractivity contribution in [2.24, 2.45) is 0 Å². The highest BCUT2D eigenvalue weighted by Crippen LogP contribution is 2.23. The van der Waals surface area contributed by atoms with Crippen LogP contribution < -0.4 is 0 Å². The van der Waals surface area contributed by atoms with Crippen molar-refractivity contribution >= 4 is 5.91 Å². The molecule has 1 aliphatic rings. The zero-order valence-electron chi connectivity index (χ0n) is 13.1. The summed E-state index contributed by atoms with van der Waals surface area (Å²) >= 11 is 0. The molecule has 0 spiro atoms. The Morgan fingerprint density at radius 3 is 2.68 bits per heavy atom. The van der Waals surface area contributed by atoms with Crippen molar-refractivity contribution in [3.05, 3.63) is 35.6 Å². The molecular weight excluding hydrogens is 287 g/mol. The summed E-state index contributed by atoms with van der Waals surface area (Å²) in [6, 6.07) is 6.13. The SMILES string of the molecule is CN(C)CC(=O)N1CCO[C@](CO)(Cc2ccc(F)cc2)C1. The average Bonchev–Trinajstić information content (AvgIpc) is 2.49. The van der Waals surface area contributed by atoms with Crippen molar-refractivity contribution in [3.8, 4) is 0 Å². The van der Waals surface area contributed by atoms with Crippen molar-refractivity contribution in [1.29, 1.82) is 0 Å². The van der Waals surface area contributed by atoms with Crippen LogP contribution in [0.4, 0.5) is 4.39 Å². The highest BCUT2D eigenvalue weighted by Gasteiger charge is 2.38. The van der Waals surface area contributed by atoms with E-state index < -0.39 is 5.60 Å². The molecule has 0 unspecified atom stereocenters. The minimum Gasteiger partial charge on any atom is -0.393 e. The summed E-state index contributed by atoms with van der Waals surface area (Å²) in [5, 5.41) is 9.79. The second-order valence-corrected chi connectivity index (χ2v) is 6.05. The fourth-order valence-corrected chi connectivity index (χ4v) is 2.66. The predicted molar refractivity (Wildman–Crippen MR) is 81.0 cm³/mol. The molecule has 1 atom stereocenters. The van der Waals surface area contributed by atoms with Gasteiger partial charge in [-0.05, 0) is 31.8 Å². The van der Waals surface area contributed by atoms with Crippen LogP contribution >= 0.6 is 0 Å². The van der Waals surface area contributed by atoms with Crippen molar-refractivity contribution in [2.45, 2.75) is 12.0 Å². The minimum atomic E-state index is -0.821. The molecule has 0 radical (unpaired) electrons. The smallest absolute Gasteiger partial charge is 0.236 e. The molecule has 1 fully saturated rings. The lowest BCUT2D eigenvalue weighted by molar-refractivity contribution is -0.158. The normalized spacial score (nSPS) is 22.1. The summed E-state index contributed by atoms with van der Waals surface area (Å²) < 4.78 is 18.8. The van der Waals surface area contributed by atoms with Gasteiger partial charge in [0.1, 0.15) is 11.4 Å². The van der Waals surface area contributed by atoms with Gasteiger partial charge >= 0.3 is 0 Å². The van der Waals surface area contributed by atoms with E-state index in [4.69, 9.17) is 4.74 Å². The number of benzene rings is 1. The summed E-state index contributed by atoms with van der Waals surface area (Å²) in [7, 11) is 3.69. The average molecular weight is 310 g/mol. The standard InChI is InChI=1S/C16H23FN2O3/c1-18(2)10-15(21)19-7-8-22-16(11-19,12-20)9-13-3-5-14(17)6-4-13/h3-6,20H,7-12H2,1-2H3/t16-/m1/s1. The third-order valence-electron chi connectivity index (χ3n) is 3.78. The maximum Gasteiger partial charge on any atom is 0.236 e. The summed E-state index contributed by atoms with van der Waals surface area (Å²) in [4.78, 5) is 15.8. The van der Waals surface area contributed by atoms with Gasteiger partial charge in [-0.1, -0.05) is 12.1 Å². The van der Waals surface area contributed by atoms with E-state index in [-0.39, 0.29) is 18.3 Å². The molecule has 1 heterocycles. The molecule has 6 heteroatoms. The van der Waals surface area contributed by atoms with Crippen LogP contribution in [0, 0.1) is 5.82 Å². The van der Waals surface area contributed by atoms with E-state index in [2.05, 4.69) is 0 Å². The first-order valence-electron chi connectivity index (χ1n) is 7.36. The highest BCUT2D eigenvalue weighted by molar-refractivity contribution is 5.78. The summed E-state index contributed by atoms with van der Waals surface area (Å²) in [5.41, 5.74) is 0.0512. The Balaban J connectivity index is 2.08. The second-order valence-electron chi connectivity index (χ2n) is 6.05. The largest absolute Gasteiger partial charge is 0.393 e. The molecule has 1 aliphatic heterocycles. The Kier molecular flexibility index (Phi) is 5.50. The number of morpholine rings is 1. The van der Waals surface area contributed by atoms with Crippen LogP contribution in [-0.2, 0) is 16.0 Å². The molecule has 122 valence electrons. The molecule has 0 bridgehead atoms.